The van der Waals surface area contributed by atoms with E-state index in [2.05, 4.69) is 18.7 Å². The molecule has 0 aromatic carbocycles. The molecule has 2 N–H and O–H groups in total. The van der Waals surface area contributed by atoms with E-state index in [0.717, 1.165) is 17.9 Å². The average Bonchev–Trinajstić information content (AvgIpc) is 2.66. The Labute approximate surface area is 94.2 Å². The van der Waals surface area contributed by atoms with Crippen LogP contribution in [0.25, 0.3) is 0 Å². The second kappa shape index (κ2) is 4.84. The third-order valence-electron chi connectivity index (χ3n) is 4.40. The smallest absolute Gasteiger partial charge is 0.0110 e. The molecular formula is C13H26N2. The highest BCUT2D eigenvalue weighted by Gasteiger charge is 2.31. The van der Waals surface area contributed by atoms with Gasteiger partial charge in [0.2, 0.25) is 0 Å². The van der Waals surface area contributed by atoms with Crippen LogP contribution >= 0.6 is 0 Å². The fourth-order valence-corrected chi connectivity index (χ4v) is 3.22. The van der Waals surface area contributed by atoms with Crippen molar-refractivity contribution in [3.8, 4) is 0 Å². The second-order valence-electron chi connectivity index (χ2n) is 5.87. The van der Waals surface area contributed by atoms with Gasteiger partial charge in [-0.2, -0.15) is 0 Å². The summed E-state index contributed by atoms with van der Waals surface area (Å²) in [4.78, 5) is 2.71. The molecule has 3 atom stereocenters. The molecule has 0 amide bonds. The van der Waals surface area contributed by atoms with E-state index in [4.69, 9.17) is 5.73 Å². The lowest BCUT2D eigenvalue weighted by Gasteiger charge is -2.34. The van der Waals surface area contributed by atoms with Gasteiger partial charge in [-0.15, -0.1) is 0 Å². The van der Waals surface area contributed by atoms with Gasteiger partial charge < -0.3 is 10.6 Å². The first-order chi connectivity index (χ1) is 7.16. The third kappa shape index (κ3) is 2.73. The van der Waals surface area contributed by atoms with Crippen molar-refractivity contribution in [2.24, 2.45) is 17.6 Å². The minimum absolute atomic E-state index is 0.474. The molecule has 0 spiro atoms. The molecule has 2 rings (SSSR count). The van der Waals surface area contributed by atoms with Crippen LogP contribution in [-0.4, -0.2) is 30.1 Å². The quantitative estimate of drug-likeness (QED) is 0.757. The Morgan fingerprint density at radius 1 is 1.20 bits per heavy atom. The van der Waals surface area contributed by atoms with E-state index in [9.17, 15) is 0 Å². The van der Waals surface area contributed by atoms with Gasteiger partial charge in [0.1, 0.15) is 0 Å². The summed E-state index contributed by atoms with van der Waals surface area (Å²) in [7, 11) is 0. The van der Waals surface area contributed by atoms with Crippen molar-refractivity contribution in [1.29, 1.82) is 0 Å². The molecule has 2 aliphatic rings. The Morgan fingerprint density at radius 3 is 2.60 bits per heavy atom. The first-order valence-electron chi connectivity index (χ1n) is 6.66. The third-order valence-corrected chi connectivity index (χ3v) is 4.40. The fraction of sp³-hybridized carbons (Fsp3) is 1.00. The molecule has 0 bridgehead atoms. The average molecular weight is 210 g/mol. The van der Waals surface area contributed by atoms with Crippen LogP contribution in [0.4, 0.5) is 0 Å². The summed E-state index contributed by atoms with van der Waals surface area (Å²) in [5.41, 5.74) is 6.06. The predicted octanol–water partition coefficient (Wildman–Crippen LogP) is 2.23. The summed E-state index contributed by atoms with van der Waals surface area (Å²) in [5, 5.41) is 0. The van der Waals surface area contributed by atoms with Crippen LogP contribution in [0, 0.1) is 11.8 Å². The Hall–Kier alpha value is -0.0800. The topological polar surface area (TPSA) is 29.3 Å². The van der Waals surface area contributed by atoms with Gasteiger partial charge >= 0.3 is 0 Å². The predicted molar refractivity (Wildman–Crippen MR) is 64.7 cm³/mol. The molecular weight excluding hydrogens is 184 g/mol. The maximum atomic E-state index is 6.06. The largest absolute Gasteiger partial charge is 0.328 e. The monoisotopic (exact) mass is 210 g/mol. The molecule has 2 nitrogen and oxygen atoms in total. The van der Waals surface area contributed by atoms with Gasteiger partial charge in [0.15, 0.2) is 0 Å². The van der Waals surface area contributed by atoms with E-state index in [1.165, 1.54) is 45.2 Å². The lowest BCUT2D eigenvalue weighted by Crippen LogP contribution is -2.41. The Morgan fingerprint density at radius 2 is 2.00 bits per heavy atom. The van der Waals surface area contributed by atoms with Gasteiger partial charge in [0, 0.05) is 18.6 Å². The molecule has 2 heteroatoms. The Kier molecular flexibility index (Phi) is 3.68. The van der Waals surface area contributed by atoms with Crippen molar-refractivity contribution in [3.05, 3.63) is 0 Å². The van der Waals surface area contributed by atoms with Crippen molar-refractivity contribution in [3.63, 3.8) is 0 Å². The minimum atomic E-state index is 0.474. The van der Waals surface area contributed by atoms with Gasteiger partial charge in [-0.3, -0.25) is 0 Å². The molecule has 1 heterocycles. The zero-order valence-corrected chi connectivity index (χ0v) is 10.3. The summed E-state index contributed by atoms with van der Waals surface area (Å²) in [6.45, 7) is 7.37. The van der Waals surface area contributed by atoms with E-state index >= 15 is 0 Å². The van der Waals surface area contributed by atoms with Crippen molar-refractivity contribution < 1.29 is 0 Å². The van der Waals surface area contributed by atoms with Crippen molar-refractivity contribution in [2.75, 3.05) is 13.1 Å². The molecule has 2 fully saturated rings. The molecule has 0 aromatic rings. The zero-order valence-electron chi connectivity index (χ0n) is 10.3. The standard InChI is InChI=1S/C13H26N2/c1-10(2)11-6-7-15(9-11)13-5-3-4-12(14)8-13/h10-13H,3-9,14H2,1-2H3. The fourth-order valence-electron chi connectivity index (χ4n) is 3.22. The summed E-state index contributed by atoms with van der Waals surface area (Å²) in [5.74, 6) is 1.79. The molecule has 88 valence electrons. The number of nitrogens with two attached hydrogens (primary N) is 1. The highest BCUT2D eigenvalue weighted by Crippen LogP contribution is 2.30. The van der Waals surface area contributed by atoms with Crippen LogP contribution < -0.4 is 5.73 Å². The molecule has 15 heavy (non-hydrogen) atoms. The van der Waals surface area contributed by atoms with Crippen LogP contribution in [0.2, 0.25) is 0 Å². The number of rotatable bonds is 2. The van der Waals surface area contributed by atoms with Gasteiger partial charge in [-0.25, -0.2) is 0 Å². The Balaban J connectivity index is 1.84. The highest BCUT2D eigenvalue weighted by atomic mass is 15.2. The van der Waals surface area contributed by atoms with Crippen LogP contribution in [0.1, 0.15) is 46.0 Å². The normalized spacial score (nSPS) is 38.8. The van der Waals surface area contributed by atoms with Crippen LogP contribution in [0.5, 0.6) is 0 Å². The molecule has 0 aromatic heterocycles. The maximum absolute atomic E-state index is 6.06. The van der Waals surface area contributed by atoms with Crippen molar-refractivity contribution in [1.82, 2.24) is 4.90 Å². The minimum Gasteiger partial charge on any atom is -0.328 e. The van der Waals surface area contributed by atoms with Gasteiger partial charge in [-0.05, 0) is 44.1 Å². The molecule has 0 radical (unpaired) electrons. The molecule has 1 saturated heterocycles. The van der Waals surface area contributed by atoms with E-state index in [0.29, 0.717) is 6.04 Å². The number of hydrogen-bond donors (Lipinski definition) is 1. The maximum Gasteiger partial charge on any atom is 0.0110 e. The molecule has 1 aliphatic carbocycles. The van der Waals surface area contributed by atoms with Crippen LogP contribution in [0.3, 0.4) is 0 Å². The summed E-state index contributed by atoms with van der Waals surface area (Å²) >= 11 is 0. The first kappa shape index (κ1) is 11.4. The summed E-state index contributed by atoms with van der Waals surface area (Å²) in [6.07, 6.45) is 6.62. The van der Waals surface area contributed by atoms with Gasteiger partial charge in [-0.1, -0.05) is 20.3 Å². The van der Waals surface area contributed by atoms with Gasteiger partial charge in [0.25, 0.3) is 0 Å². The van der Waals surface area contributed by atoms with Crippen molar-refractivity contribution >= 4 is 0 Å². The van der Waals surface area contributed by atoms with Crippen LogP contribution in [-0.2, 0) is 0 Å². The molecule has 1 aliphatic heterocycles. The molecule has 3 unspecified atom stereocenters. The zero-order chi connectivity index (χ0) is 10.8. The van der Waals surface area contributed by atoms with E-state index in [-0.39, 0.29) is 0 Å². The lowest BCUT2D eigenvalue weighted by molar-refractivity contribution is 0.170. The molecule has 1 saturated carbocycles. The van der Waals surface area contributed by atoms with Crippen LogP contribution in [0.15, 0.2) is 0 Å². The number of likely N-dealkylation sites (tertiary alicyclic amines) is 1. The van der Waals surface area contributed by atoms with Crippen molar-refractivity contribution in [2.45, 2.75) is 58.0 Å². The highest BCUT2D eigenvalue weighted by molar-refractivity contribution is 4.87. The number of hydrogen-bond acceptors (Lipinski definition) is 2. The Bertz CT molecular complexity index is 203. The number of nitrogens with zero attached hydrogens (tertiary/aromatic N) is 1. The SMILES string of the molecule is CC(C)C1CCN(C2CCCC(N)C2)C1. The first-order valence-corrected chi connectivity index (χ1v) is 6.66. The van der Waals surface area contributed by atoms with E-state index < -0.39 is 0 Å². The van der Waals surface area contributed by atoms with E-state index in [1.807, 2.05) is 0 Å². The summed E-state index contributed by atoms with van der Waals surface area (Å²) < 4.78 is 0. The lowest BCUT2D eigenvalue weighted by atomic mass is 9.90. The second-order valence-corrected chi connectivity index (χ2v) is 5.87. The van der Waals surface area contributed by atoms with Gasteiger partial charge in [0.05, 0.1) is 0 Å². The van der Waals surface area contributed by atoms with E-state index in [1.54, 1.807) is 0 Å². The summed E-state index contributed by atoms with van der Waals surface area (Å²) in [6, 6.07) is 1.28.